The minimum absolute atomic E-state index is 0.0679. The number of nitrogens with one attached hydrogen (secondary N) is 1. The van der Waals surface area contributed by atoms with Crippen molar-refractivity contribution in [3.05, 3.63) is 70.0 Å². The average Bonchev–Trinajstić information content (AvgIpc) is 3.52. The standard InChI is InChI=1S/C32H36F3N9O4/c1-4-23-27(41-12-14-42(15-13-41)29-25(45)6-5-11-36-29)30(47)44-31(38-28(39-44)20-9-16-48-17-10-20)43(23)19-26(46)37-21-7-8-22(32(33,34)35)24(18-21)40(2)3/h5-9,11,18,45H,4,10,12-17,19H2,1-3H3,(H,37,46). The van der Waals surface area contributed by atoms with Gasteiger partial charge in [-0.3, -0.25) is 9.59 Å². The lowest BCUT2D eigenvalue weighted by Crippen LogP contribution is -2.49. The zero-order valence-corrected chi connectivity index (χ0v) is 26.8. The molecular weight excluding hydrogens is 631 g/mol. The van der Waals surface area contributed by atoms with Crippen molar-refractivity contribution in [2.45, 2.75) is 32.5 Å². The Morgan fingerprint density at radius 1 is 1.12 bits per heavy atom. The predicted molar refractivity (Wildman–Crippen MR) is 175 cm³/mol. The predicted octanol–water partition coefficient (Wildman–Crippen LogP) is 3.41. The third kappa shape index (κ3) is 6.39. The summed E-state index contributed by atoms with van der Waals surface area (Å²) in [6.07, 6.45) is -0.162. The first-order valence-corrected chi connectivity index (χ1v) is 15.6. The molecule has 13 nitrogen and oxygen atoms in total. The number of nitrogens with zero attached hydrogens (tertiary/aromatic N) is 8. The van der Waals surface area contributed by atoms with Gasteiger partial charge in [0.05, 0.1) is 30.2 Å². The first kappa shape index (κ1) is 32.8. The van der Waals surface area contributed by atoms with Crippen molar-refractivity contribution in [2.24, 2.45) is 0 Å². The lowest BCUT2D eigenvalue weighted by atomic mass is 10.1. The molecular formula is C32H36F3N9O4. The molecule has 254 valence electrons. The van der Waals surface area contributed by atoms with Crippen molar-refractivity contribution >= 4 is 40.1 Å². The highest BCUT2D eigenvalue weighted by Gasteiger charge is 2.34. The number of fused-ring (bicyclic) bond motifs is 1. The Kier molecular flexibility index (Phi) is 9.01. The summed E-state index contributed by atoms with van der Waals surface area (Å²) in [4.78, 5) is 42.0. The van der Waals surface area contributed by atoms with Crippen LogP contribution in [0, 0.1) is 0 Å². The molecule has 0 saturated carbocycles. The minimum Gasteiger partial charge on any atom is -0.504 e. The number of hydrogen-bond acceptors (Lipinski definition) is 10. The molecule has 0 radical (unpaired) electrons. The van der Waals surface area contributed by atoms with Crippen LogP contribution in [0.2, 0.25) is 0 Å². The van der Waals surface area contributed by atoms with Crippen LogP contribution in [0.5, 0.6) is 5.75 Å². The second-order valence-corrected chi connectivity index (χ2v) is 11.7. The van der Waals surface area contributed by atoms with Crippen LogP contribution in [0.3, 0.4) is 0 Å². The van der Waals surface area contributed by atoms with E-state index in [0.29, 0.717) is 75.3 Å². The number of rotatable bonds is 8. The van der Waals surface area contributed by atoms with E-state index in [-0.39, 0.29) is 35.0 Å². The Morgan fingerprint density at radius 2 is 1.88 bits per heavy atom. The molecule has 5 heterocycles. The second kappa shape index (κ2) is 13.2. The first-order valence-electron chi connectivity index (χ1n) is 15.6. The first-order chi connectivity index (χ1) is 23.0. The van der Waals surface area contributed by atoms with Gasteiger partial charge in [0.25, 0.3) is 5.56 Å². The van der Waals surface area contributed by atoms with Crippen LogP contribution < -0.4 is 25.6 Å². The Bertz CT molecular complexity index is 1930. The topological polar surface area (TPSA) is 133 Å². The van der Waals surface area contributed by atoms with Crippen LogP contribution in [0.15, 0.2) is 47.4 Å². The highest BCUT2D eigenvalue weighted by atomic mass is 19.4. The second-order valence-electron chi connectivity index (χ2n) is 11.7. The summed E-state index contributed by atoms with van der Waals surface area (Å²) in [6, 6.07) is 6.66. The Morgan fingerprint density at radius 3 is 2.52 bits per heavy atom. The van der Waals surface area contributed by atoms with Crippen molar-refractivity contribution < 1.29 is 27.8 Å². The van der Waals surface area contributed by atoms with Crippen molar-refractivity contribution in [3.63, 3.8) is 0 Å². The van der Waals surface area contributed by atoms with Crippen molar-refractivity contribution in [3.8, 4) is 5.75 Å². The van der Waals surface area contributed by atoms with E-state index in [1.807, 2.05) is 22.8 Å². The third-order valence-electron chi connectivity index (χ3n) is 8.44. The molecule has 4 aromatic rings. The molecule has 2 N–H and O–H groups in total. The van der Waals surface area contributed by atoms with Crippen LogP contribution in [-0.4, -0.2) is 88.7 Å². The fourth-order valence-corrected chi connectivity index (χ4v) is 6.13. The van der Waals surface area contributed by atoms with Gasteiger partial charge in [-0.05, 0) is 48.7 Å². The van der Waals surface area contributed by atoms with E-state index in [1.165, 1.54) is 35.6 Å². The highest BCUT2D eigenvalue weighted by Crippen LogP contribution is 2.37. The number of carbonyl (C=O) groups excluding carboxylic acids is 1. The van der Waals surface area contributed by atoms with Gasteiger partial charge < -0.3 is 34.4 Å². The summed E-state index contributed by atoms with van der Waals surface area (Å²) < 4.78 is 49.1. The molecule has 0 bridgehead atoms. The average molecular weight is 668 g/mol. The van der Waals surface area contributed by atoms with E-state index in [0.717, 1.165) is 11.6 Å². The van der Waals surface area contributed by atoms with E-state index in [2.05, 4.69) is 15.4 Å². The summed E-state index contributed by atoms with van der Waals surface area (Å²) in [6.45, 7) is 4.28. The summed E-state index contributed by atoms with van der Waals surface area (Å²) in [7, 11) is 3.00. The molecule has 1 amide bonds. The molecule has 6 rings (SSSR count). The highest BCUT2D eigenvalue weighted by molar-refractivity contribution is 5.91. The summed E-state index contributed by atoms with van der Waals surface area (Å²) in [5.41, 5.74) is 0.676. The molecule has 0 aliphatic carbocycles. The lowest BCUT2D eigenvalue weighted by Gasteiger charge is -2.37. The molecule has 2 aliphatic heterocycles. The molecule has 0 spiro atoms. The van der Waals surface area contributed by atoms with Crippen LogP contribution in [0.1, 0.15) is 30.4 Å². The maximum absolute atomic E-state index is 14.2. The minimum atomic E-state index is -4.56. The lowest BCUT2D eigenvalue weighted by molar-refractivity contribution is -0.137. The maximum Gasteiger partial charge on any atom is 0.418 e. The zero-order valence-electron chi connectivity index (χ0n) is 26.8. The Labute approximate surface area is 273 Å². The number of hydrogen-bond donors (Lipinski definition) is 2. The molecule has 1 fully saturated rings. The van der Waals surface area contributed by atoms with Gasteiger partial charge in [0.2, 0.25) is 11.7 Å². The molecule has 0 atom stereocenters. The van der Waals surface area contributed by atoms with Gasteiger partial charge in [-0.15, -0.1) is 5.10 Å². The molecule has 2 aliphatic rings. The van der Waals surface area contributed by atoms with Gasteiger partial charge in [0.15, 0.2) is 17.4 Å². The largest absolute Gasteiger partial charge is 0.504 e. The fraction of sp³-hybridized carbons (Fsp3) is 0.406. The van der Waals surface area contributed by atoms with Gasteiger partial charge in [0, 0.05) is 52.2 Å². The number of carbonyl (C=O) groups is 1. The monoisotopic (exact) mass is 667 g/mol. The quantitative estimate of drug-likeness (QED) is 0.288. The number of ether oxygens (including phenoxy) is 1. The molecule has 1 saturated heterocycles. The van der Waals surface area contributed by atoms with Gasteiger partial charge in [-0.1, -0.05) is 13.0 Å². The Hall–Kier alpha value is -5.12. The normalized spacial score (nSPS) is 15.5. The summed E-state index contributed by atoms with van der Waals surface area (Å²) in [5, 5.41) is 17.6. The molecule has 16 heteroatoms. The fourth-order valence-electron chi connectivity index (χ4n) is 6.13. The number of halogens is 3. The zero-order chi connectivity index (χ0) is 34.2. The summed E-state index contributed by atoms with van der Waals surface area (Å²) >= 11 is 0. The number of pyridine rings is 1. The molecule has 3 aromatic heterocycles. The molecule has 0 unspecified atom stereocenters. The van der Waals surface area contributed by atoms with Crippen molar-refractivity contribution in [2.75, 3.05) is 73.5 Å². The van der Waals surface area contributed by atoms with Crippen LogP contribution in [-0.2, 0) is 28.7 Å². The van der Waals surface area contributed by atoms with Gasteiger partial charge in [-0.25, -0.2) is 4.98 Å². The van der Waals surface area contributed by atoms with E-state index >= 15 is 0 Å². The van der Waals surface area contributed by atoms with Gasteiger partial charge >= 0.3 is 6.18 Å². The smallest absolute Gasteiger partial charge is 0.418 e. The van der Waals surface area contributed by atoms with E-state index < -0.39 is 17.6 Å². The van der Waals surface area contributed by atoms with E-state index in [4.69, 9.17) is 9.72 Å². The number of piperazine rings is 1. The number of anilines is 4. The van der Waals surface area contributed by atoms with Crippen molar-refractivity contribution in [1.29, 1.82) is 0 Å². The van der Waals surface area contributed by atoms with E-state index in [9.17, 15) is 27.9 Å². The molecule has 48 heavy (non-hydrogen) atoms. The maximum atomic E-state index is 14.2. The van der Waals surface area contributed by atoms with Crippen molar-refractivity contribution in [1.82, 2.24) is 24.1 Å². The van der Waals surface area contributed by atoms with Gasteiger partial charge in [-0.2, -0.15) is 22.7 Å². The van der Waals surface area contributed by atoms with Crippen LogP contribution >= 0.6 is 0 Å². The number of amides is 1. The Balaban J connectivity index is 1.37. The number of alkyl halides is 3. The van der Waals surface area contributed by atoms with E-state index in [1.54, 1.807) is 22.9 Å². The molecule has 1 aromatic carbocycles. The SMILES string of the molecule is CCc1c(N2CCN(c3ncccc3O)CC2)c(=O)n2nc(C3=CCOCC3)nc2n1CC(=O)Nc1ccc(C(F)(F)F)c(N(C)C)c1. The van der Waals surface area contributed by atoms with Crippen LogP contribution in [0.4, 0.5) is 36.1 Å². The number of aromatic nitrogens is 5. The number of benzene rings is 1. The summed E-state index contributed by atoms with van der Waals surface area (Å²) in [5.74, 6) is 0.548. The number of aromatic hydroxyl groups is 1. The van der Waals surface area contributed by atoms with Gasteiger partial charge in [0.1, 0.15) is 12.2 Å². The third-order valence-corrected chi connectivity index (χ3v) is 8.44. The van der Waals surface area contributed by atoms with Crippen LogP contribution in [0.25, 0.3) is 11.4 Å².